The van der Waals surface area contributed by atoms with Crippen molar-refractivity contribution in [3.63, 3.8) is 0 Å². The van der Waals surface area contributed by atoms with Crippen LogP contribution in [0.1, 0.15) is 59.3 Å². The molecule has 0 amide bonds. The first kappa shape index (κ1) is 22.4. The first-order valence-corrected chi connectivity index (χ1v) is 11.4. The van der Waals surface area contributed by atoms with Crippen LogP contribution in [0.25, 0.3) is 0 Å². The first-order chi connectivity index (χ1) is 10.7. The minimum atomic E-state index is -2.43. The maximum atomic E-state index is 5.85. The van der Waals surface area contributed by atoms with Crippen molar-refractivity contribution in [3.8, 4) is 0 Å². The highest BCUT2D eigenvalue weighted by atomic mass is 32.1. The van der Waals surface area contributed by atoms with Gasteiger partial charge < -0.3 is 18.0 Å². The average molecular weight is 353 g/mol. The van der Waals surface area contributed by atoms with Gasteiger partial charge in [0.1, 0.15) is 0 Å². The summed E-state index contributed by atoms with van der Waals surface area (Å²) < 4.78 is 23.2. The van der Waals surface area contributed by atoms with Crippen LogP contribution in [0.5, 0.6) is 0 Å². The second kappa shape index (κ2) is 16.3. The SMILES string of the molecule is CCO[Si](CCCCCOCCCCCS)(OCC)OCC. The Hall–Kier alpha value is 0.407. The zero-order valence-electron chi connectivity index (χ0n) is 14.8. The summed E-state index contributed by atoms with van der Waals surface area (Å²) in [6.45, 7) is 9.70. The van der Waals surface area contributed by atoms with Gasteiger partial charge >= 0.3 is 8.80 Å². The largest absolute Gasteiger partial charge is 0.500 e. The van der Waals surface area contributed by atoms with Gasteiger partial charge in [-0.15, -0.1) is 0 Å². The molecule has 0 aromatic heterocycles. The number of rotatable bonds is 17. The fraction of sp³-hybridized carbons (Fsp3) is 1.00. The molecule has 0 saturated heterocycles. The van der Waals surface area contributed by atoms with E-state index in [2.05, 4.69) is 12.6 Å². The van der Waals surface area contributed by atoms with E-state index in [1.165, 1.54) is 12.8 Å². The summed E-state index contributed by atoms with van der Waals surface area (Å²) in [5.74, 6) is 0.977. The van der Waals surface area contributed by atoms with Gasteiger partial charge in [0.15, 0.2) is 0 Å². The van der Waals surface area contributed by atoms with Gasteiger partial charge in [0.2, 0.25) is 0 Å². The molecular weight excluding hydrogens is 316 g/mol. The van der Waals surface area contributed by atoms with Crippen molar-refractivity contribution in [1.82, 2.24) is 0 Å². The topological polar surface area (TPSA) is 36.9 Å². The lowest BCUT2D eigenvalue weighted by Gasteiger charge is -2.28. The molecule has 6 heteroatoms. The molecule has 0 fully saturated rings. The molecule has 0 radical (unpaired) electrons. The Morgan fingerprint density at radius 3 is 1.64 bits per heavy atom. The lowest BCUT2D eigenvalue weighted by molar-refractivity contribution is 0.0702. The predicted octanol–water partition coefficient (Wildman–Crippen LogP) is 4.32. The first-order valence-electron chi connectivity index (χ1n) is 8.85. The van der Waals surface area contributed by atoms with Crippen molar-refractivity contribution in [1.29, 1.82) is 0 Å². The normalized spacial score (nSPS) is 12.0. The van der Waals surface area contributed by atoms with E-state index in [1.54, 1.807) is 0 Å². The average Bonchev–Trinajstić information content (AvgIpc) is 2.50. The molecular formula is C16H36O4SSi. The van der Waals surface area contributed by atoms with Gasteiger partial charge in [0.05, 0.1) is 0 Å². The summed E-state index contributed by atoms with van der Waals surface area (Å²) in [5, 5.41) is 0. The van der Waals surface area contributed by atoms with Crippen molar-refractivity contribution >= 4 is 21.4 Å². The Morgan fingerprint density at radius 1 is 0.682 bits per heavy atom. The maximum Gasteiger partial charge on any atom is 0.500 e. The van der Waals surface area contributed by atoms with E-state index in [-0.39, 0.29) is 0 Å². The Labute approximate surface area is 144 Å². The van der Waals surface area contributed by atoms with Gasteiger partial charge in [-0.1, -0.05) is 12.8 Å². The highest BCUT2D eigenvalue weighted by molar-refractivity contribution is 7.80. The van der Waals surface area contributed by atoms with Crippen LogP contribution in [0.4, 0.5) is 0 Å². The van der Waals surface area contributed by atoms with Crippen LogP contribution in [0.15, 0.2) is 0 Å². The number of thiol groups is 1. The van der Waals surface area contributed by atoms with Crippen LogP contribution in [-0.2, 0) is 18.0 Å². The van der Waals surface area contributed by atoms with Crippen LogP contribution in [0.2, 0.25) is 6.04 Å². The van der Waals surface area contributed by atoms with Crippen LogP contribution in [0, 0.1) is 0 Å². The van der Waals surface area contributed by atoms with Crippen molar-refractivity contribution in [2.75, 3.05) is 38.8 Å². The second-order valence-electron chi connectivity index (χ2n) is 5.19. The van der Waals surface area contributed by atoms with Crippen molar-refractivity contribution in [3.05, 3.63) is 0 Å². The van der Waals surface area contributed by atoms with E-state index in [0.717, 1.165) is 50.7 Å². The zero-order valence-corrected chi connectivity index (χ0v) is 16.7. The minimum Gasteiger partial charge on any atom is -0.381 e. The van der Waals surface area contributed by atoms with E-state index in [0.29, 0.717) is 19.8 Å². The summed E-state index contributed by atoms with van der Waals surface area (Å²) in [5.41, 5.74) is 0. The minimum absolute atomic E-state index is 0.654. The molecule has 4 nitrogen and oxygen atoms in total. The Morgan fingerprint density at radius 2 is 1.18 bits per heavy atom. The monoisotopic (exact) mass is 352 g/mol. The number of unbranched alkanes of at least 4 members (excludes halogenated alkanes) is 4. The quantitative estimate of drug-likeness (QED) is 0.240. The van der Waals surface area contributed by atoms with Crippen LogP contribution >= 0.6 is 12.6 Å². The molecule has 0 heterocycles. The molecule has 0 rings (SSSR count). The number of hydrogen-bond donors (Lipinski definition) is 1. The third-order valence-corrected chi connectivity index (χ3v) is 6.78. The summed E-state index contributed by atoms with van der Waals surface area (Å²) in [6, 6.07) is 0.907. The van der Waals surface area contributed by atoms with Gasteiger partial charge in [-0.2, -0.15) is 12.6 Å². The molecule has 22 heavy (non-hydrogen) atoms. The highest BCUT2D eigenvalue weighted by Crippen LogP contribution is 2.19. The van der Waals surface area contributed by atoms with Crippen molar-refractivity contribution in [2.45, 2.75) is 65.3 Å². The maximum absolute atomic E-state index is 5.85. The fourth-order valence-corrected chi connectivity index (χ4v) is 5.23. The molecule has 0 N–H and O–H groups in total. The number of ether oxygens (including phenoxy) is 1. The molecule has 0 bridgehead atoms. The zero-order chi connectivity index (χ0) is 16.5. The molecule has 0 unspecified atom stereocenters. The molecule has 0 aromatic carbocycles. The molecule has 0 aliphatic rings. The van der Waals surface area contributed by atoms with E-state index < -0.39 is 8.80 Å². The summed E-state index contributed by atoms with van der Waals surface area (Å²) in [6.07, 6.45) is 6.87. The molecule has 0 spiro atoms. The van der Waals surface area contributed by atoms with Gasteiger partial charge in [-0.25, -0.2) is 0 Å². The third kappa shape index (κ3) is 11.9. The van der Waals surface area contributed by atoms with Crippen molar-refractivity contribution in [2.24, 2.45) is 0 Å². The van der Waals surface area contributed by atoms with Gasteiger partial charge in [-0.3, -0.25) is 0 Å². The molecule has 0 aliphatic heterocycles. The van der Waals surface area contributed by atoms with Crippen molar-refractivity contribution < 1.29 is 18.0 Å². The van der Waals surface area contributed by atoms with Crippen LogP contribution in [0.3, 0.4) is 0 Å². The predicted molar refractivity (Wildman–Crippen MR) is 97.8 cm³/mol. The molecule has 134 valence electrons. The second-order valence-corrected chi connectivity index (χ2v) is 8.37. The molecule has 0 atom stereocenters. The highest BCUT2D eigenvalue weighted by Gasteiger charge is 2.39. The van der Waals surface area contributed by atoms with E-state index in [9.17, 15) is 0 Å². The standard InChI is InChI=1S/C16H36O4SSi/c1-4-18-22(19-5-2,20-6-3)16-12-8-10-14-17-13-9-7-11-15-21/h21H,4-16H2,1-3H3. The van der Waals surface area contributed by atoms with Gasteiger partial charge in [0.25, 0.3) is 0 Å². The summed E-state index contributed by atoms with van der Waals surface area (Å²) in [7, 11) is -2.43. The summed E-state index contributed by atoms with van der Waals surface area (Å²) >= 11 is 4.20. The number of hydrogen-bond acceptors (Lipinski definition) is 5. The van der Waals surface area contributed by atoms with Gasteiger partial charge in [-0.05, 0) is 52.2 Å². The molecule has 0 aromatic rings. The molecule has 0 saturated carbocycles. The lowest BCUT2D eigenvalue weighted by atomic mass is 10.2. The fourth-order valence-electron chi connectivity index (χ4n) is 2.32. The van der Waals surface area contributed by atoms with E-state index in [1.807, 2.05) is 20.8 Å². The Kier molecular flexibility index (Phi) is 16.6. The third-order valence-electron chi connectivity index (χ3n) is 3.31. The van der Waals surface area contributed by atoms with E-state index >= 15 is 0 Å². The van der Waals surface area contributed by atoms with Crippen LogP contribution in [-0.4, -0.2) is 47.6 Å². The smallest absolute Gasteiger partial charge is 0.381 e. The lowest BCUT2D eigenvalue weighted by Crippen LogP contribution is -2.45. The molecule has 0 aliphatic carbocycles. The Balaban J connectivity index is 3.70. The van der Waals surface area contributed by atoms with Crippen LogP contribution < -0.4 is 0 Å². The Bertz CT molecular complexity index is 215. The van der Waals surface area contributed by atoms with E-state index in [4.69, 9.17) is 18.0 Å². The summed E-state index contributed by atoms with van der Waals surface area (Å²) in [4.78, 5) is 0. The van der Waals surface area contributed by atoms with Gasteiger partial charge in [0, 0.05) is 39.1 Å².